The van der Waals surface area contributed by atoms with E-state index in [1.54, 1.807) is 0 Å². The maximum atomic E-state index is 12.9. The van der Waals surface area contributed by atoms with E-state index in [-0.39, 0.29) is 22.8 Å². The molecule has 2 aromatic rings. The number of carbonyl (C=O) groups excluding carboxylic acids is 1. The second-order valence-corrected chi connectivity index (χ2v) is 6.96. The summed E-state index contributed by atoms with van der Waals surface area (Å²) in [5.41, 5.74) is 0.540. The third kappa shape index (κ3) is 4.77. The molecule has 0 atom stereocenters. The number of sulfonamides is 1. The predicted molar refractivity (Wildman–Crippen MR) is 92.8 cm³/mol. The molecule has 0 saturated carbocycles. The Morgan fingerprint density at radius 1 is 1.16 bits per heavy atom. The zero-order valence-corrected chi connectivity index (χ0v) is 14.7. The van der Waals surface area contributed by atoms with Crippen molar-refractivity contribution in [2.75, 3.05) is 19.0 Å². The molecule has 1 amide bonds. The first-order chi connectivity index (χ1) is 11.9. The Labute approximate surface area is 146 Å². The Bertz CT molecular complexity index is 851. The molecule has 0 saturated heterocycles. The quantitative estimate of drug-likeness (QED) is 0.789. The van der Waals surface area contributed by atoms with Gasteiger partial charge in [-0.25, -0.2) is 17.5 Å². The van der Waals surface area contributed by atoms with E-state index in [0.29, 0.717) is 12.1 Å². The smallest absolute Gasteiger partial charge is 0.255 e. The molecule has 0 fully saturated rings. The van der Waals surface area contributed by atoms with Crippen LogP contribution in [0.5, 0.6) is 5.75 Å². The standard InChI is InChI=1S/C17H19FN2O4S/c1-3-10-19-25(22,23)16-11-12(4-9-15(16)24-2)17(21)20-14-7-5-13(18)6-8-14/h4-9,11,19H,3,10H2,1-2H3,(H,20,21). The van der Waals surface area contributed by atoms with Crippen LogP contribution in [0.2, 0.25) is 0 Å². The lowest BCUT2D eigenvalue weighted by atomic mass is 10.2. The van der Waals surface area contributed by atoms with Crippen molar-refractivity contribution in [1.82, 2.24) is 4.72 Å². The molecule has 0 unspecified atom stereocenters. The average molecular weight is 366 g/mol. The Kier molecular flexibility index (Phi) is 6.11. The highest BCUT2D eigenvalue weighted by Crippen LogP contribution is 2.25. The van der Waals surface area contributed by atoms with Crippen LogP contribution >= 0.6 is 0 Å². The van der Waals surface area contributed by atoms with Gasteiger partial charge < -0.3 is 10.1 Å². The molecule has 8 heteroatoms. The van der Waals surface area contributed by atoms with Crippen LogP contribution in [0, 0.1) is 5.82 Å². The minimum atomic E-state index is -3.80. The summed E-state index contributed by atoms with van der Waals surface area (Å²) in [4.78, 5) is 12.2. The van der Waals surface area contributed by atoms with Gasteiger partial charge >= 0.3 is 0 Å². The molecule has 0 radical (unpaired) electrons. The zero-order chi connectivity index (χ0) is 18.4. The van der Waals surface area contributed by atoms with Gasteiger partial charge in [0.1, 0.15) is 16.5 Å². The molecule has 0 aliphatic rings. The molecule has 0 spiro atoms. The molecule has 0 bridgehead atoms. The monoisotopic (exact) mass is 366 g/mol. The van der Waals surface area contributed by atoms with Crippen LogP contribution in [0.3, 0.4) is 0 Å². The number of nitrogens with one attached hydrogen (secondary N) is 2. The third-order valence-corrected chi connectivity index (χ3v) is 4.84. The van der Waals surface area contributed by atoms with E-state index in [2.05, 4.69) is 10.0 Å². The highest BCUT2D eigenvalue weighted by molar-refractivity contribution is 7.89. The topological polar surface area (TPSA) is 84.5 Å². The number of methoxy groups -OCH3 is 1. The van der Waals surface area contributed by atoms with Gasteiger partial charge in [-0.05, 0) is 48.9 Å². The fraction of sp³-hybridized carbons (Fsp3) is 0.235. The summed E-state index contributed by atoms with van der Waals surface area (Å²) in [6.07, 6.45) is 0.631. The fourth-order valence-electron chi connectivity index (χ4n) is 2.08. The summed E-state index contributed by atoms with van der Waals surface area (Å²) in [7, 11) is -2.45. The minimum absolute atomic E-state index is 0.116. The lowest BCUT2D eigenvalue weighted by molar-refractivity contribution is 0.102. The Morgan fingerprint density at radius 2 is 1.84 bits per heavy atom. The van der Waals surface area contributed by atoms with Gasteiger partial charge in [0.2, 0.25) is 10.0 Å². The summed E-state index contributed by atoms with van der Waals surface area (Å²) in [5.74, 6) is -0.791. The molecule has 134 valence electrons. The van der Waals surface area contributed by atoms with Gasteiger partial charge in [0.25, 0.3) is 5.91 Å². The van der Waals surface area contributed by atoms with E-state index in [0.717, 1.165) is 0 Å². The normalized spacial score (nSPS) is 11.2. The Hall–Kier alpha value is -2.45. The van der Waals surface area contributed by atoms with Gasteiger partial charge in [-0.2, -0.15) is 0 Å². The van der Waals surface area contributed by atoms with Gasteiger partial charge in [-0.1, -0.05) is 6.92 Å². The summed E-state index contributed by atoms with van der Waals surface area (Å²) < 4.78 is 45.2. The predicted octanol–water partition coefficient (Wildman–Crippen LogP) is 2.77. The fourth-order valence-corrected chi connectivity index (χ4v) is 3.41. The van der Waals surface area contributed by atoms with Gasteiger partial charge in [0, 0.05) is 17.8 Å². The lowest BCUT2D eigenvalue weighted by Crippen LogP contribution is -2.25. The number of halogens is 1. The van der Waals surface area contributed by atoms with Crippen LogP contribution in [0.4, 0.5) is 10.1 Å². The summed E-state index contributed by atoms with van der Waals surface area (Å²) in [6.45, 7) is 2.11. The van der Waals surface area contributed by atoms with Gasteiger partial charge in [0.15, 0.2) is 0 Å². The Balaban J connectivity index is 2.31. The average Bonchev–Trinajstić information content (AvgIpc) is 2.61. The van der Waals surface area contributed by atoms with Crippen molar-refractivity contribution in [2.24, 2.45) is 0 Å². The van der Waals surface area contributed by atoms with Gasteiger partial charge in [0.05, 0.1) is 7.11 Å². The Morgan fingerprint density at radius 3 is 2.44 bits per heavy atom. The first-order valence-corrected chi connectivity index (χ1v) is 9.10. The summed E-state index contributed by atoms with van der Waals surface area (Å²) >= 11 is 0. The van der Waals surface area contributed by atoms with Crippen molar-refractivity contribution in [3.8, 4) is 5.75 Å². The van der Waals surface area contributed by atoms with Crippen LogP contribution < -0.4 is 14.8 Å². The van der Waals surface area contributed by atoms with Crippen molar-refractivity contribution in [1.29, 1.82) is 0 Å². The molecule has 0 aliphatic carbocycles. The number of benzene rings is 2. The molecule has 2 rings (SSSR count). The van der Waals surface area contributed by atoms with Gasteiger partial charge in [-0.3, -0.25) is 4.79 Å². The van der Waals surface area contributed by atoms with Crippen LogP contribution in [0.25, 0.3) is 0 Å². The first kappa shape index (κ1) is 18.9. The molecule has 25 heavy (non-hydrogen) atoms. The molecule has 0 aliphatic heterocycles. The number of hydrogen-bond acceptors (Lipinski definition) is 4. The number of hydrogen-bond donors (Lipinski definition) is 2. The third-order valence-electron chi connectivity index (χ3n) is 3.36. The van der Waals surface area contributed by atoms with E-state index in [9.17, 15) is 17.6 Å². The largest absolute Gasteiger partial charge is 0.495 e. The van der Waals surface area contributed by atoms with Gasteiger partial charge in [-0.15, -0.1) is 0 Å². The van der Waals surface area contributed by atoms with Crippen LogP contribution in [0.15, 0.2) is 47.4 Å². The minimum Gasteiger partial charge on any atom is -0.495 e. The molecular weight excluding hydrogens is 347 g/mol. The summed E-state index contributed by atoms with van der Waals surface area (Å²) in [5, 5.41) is 2.58. The molecule has 0 heterocycles. The maximum Gasteiger partial charge on any atom is 0.255 e. The zero-order valence-electron chi connectivity index (χ0n) is 13.9. The maximum absolute atomic E-state index is 12.9. The van der Waals surface area contributed by atoms with E-state index < -0.39 is 21.7 Å². The van der Waals surface area contributed by atoms with Crippen molar-refractivity contribution in [3.05, 3.63) is 53.8 Å². The number of carbonyl (C=O) groups is 1. The number of ether oxygens (including phenoxy) is 1. The molecule has 6 nitrogen and oxygen atoms in total. The second kappa shape index (κ2) is 8.09. The van der Waals surface area contributed by atoms with Crippen LogP contribution in [-0.2, 0) is 10.0 Å². The molecular formula is C17H19FN2O4S. The number of rotatable bonds is 7. The van der Waals surface area contributed by atoms with Crippen molar-refractivity contribution >= 4 is 21.6 Å². The van der Waals surface area contributed by atoms with Crippen LogP contribution in [0.1, 0.15) is 23.7 Å². The SMILES string of the molecule is CCCNS(=O)(=O)c1cc(C(=O)Nc2ccc(F)cc2)ccc1OC. The van der Waals surface area contributed by atoms with E-state index in [4.69, 9.17) is 4.74 Å². The number of anilines is 1. The van der Waals surface area contributed by atoms with Crippen LogP contribution in [-0.4, -0.2) is 28.0 Å². The second-order valence-electron chi connectivity index (χ2n) is 5.22. The lowest BCUT2D eigenvalue weighted by Gasteiger charge is -2.12. The van der Waals surface area contributed by atoms with E-state index in [1.807, 2.05) is 6.92 Å². The van der Waals surface area contributed by atoms with E-state index >= 15 is 0 Å². The molecule has 2 N–H and O–H groups in total. The summed E-state index contributed by atoms with van der Waals surface area (Å²) in [6, 6.07) is 9.38. The highest BCUT2D eigenvalue weighted by Gasteiger charge is 2.21. The molecule has 0 aromatic heterocycles. The van der Waals surface area contributed by atoms with Crippen molar-refractivity contribution < 1.29 is 22.3 Å². The highest BCUT2D eigenvalue weighted by atomic mass is 32.2. The van der Waals surface area contributed by atoms with Crippen molar-refractivity contribution in [3.63, 3.8) is 0 Å². The first-order valence-electron chi connectivity index (χ1n) is 7.62. The van der Waals surface area contributed by atoms with Crippen molar-refractivity contribution in [2.45, 2.75) is 18.2 Å². The molecule has 2 aromatic carbocycles. The number of amides is 1. The van der Waals surface area contributed by atoms with E-state index in [1.165, 1.54) is 49.6 Å².